The zero-order valence-corrected chi connectivity index (χ0v) is 29.0. The molecule has 0 amide bonds. The second-order valence-corrected chi connectivity index (χ2v) is 13.2. The summed E-state index contributed by atoms with van der Waals surface area (Å²) >= 11 is 0.751. The molecule has 0 fully saturated rings. The Bertz CT molecular complexity index is 5050. The monoisotopic (exact) mass is 775 g/mol. The molecule has 0 radical (unpaired) electrons. The van der Waals surface area contributed by atoms with E-state index in [4.69, 9.17) is 37.6 Å². The molecule has 0 aliphatic rings. The van der Waals surface area contributed by atoms with E-state index in [2.05, 4.69) is 15.0 Å². The summed E-state index contributed by atoms with van der Waals surface area (Å²) in [4.78, 5) is 13.0. The molecule has 4 heterocycles. The Morgan fingerprint density at radius 3 is 1.84 bits per heavy atom. The SMILES string of the molecule is [2H]c1c([2H])c([2H])c(-c2nc(-c3c([2H])c([2H])c([2H])c([2H])c3[2H])nc(-c3c([2H])c([2H])c([2H])c4c3oc3c([2H])c(-c5c([2H])c(-c6c([2H])c([2H])c([2H])c7oc8c([2H])c([2H])c([2H])c([2H])c8c67)cc6sc7c([2H])c([2H])c([2H])c([2H])c7c56)c([2H])c([2H])c34)n2)c([2H])c1[2H]. The Labute approximate surface area is 369 Å². The van der Waals surface area contributed by atoms with Gasteiger partial charge in [0.05, 0.1) is 43.9 Å². The summed E-state index contributed by atoms with van der Waals surface area (Å²) in [5, 5.41) is -2.16. The lowest BCUT2D eigenvalue weighted by atomic mass is 9.92. The van der Waals surface area contributed by atoms with Crippen molar-refractivity contribution in [2.24, 2.45) is 0 Å². The van der Waals surface area contributed by atoms with Crippen LogP contribution < -0.4 is 0 Å². The number of hydrogen-bond acceptors (Lipinski definition) is 6. The molecular weight excluding hydrogens is 719 g/mol. The Kier molecular flexibility index (Phi) is 3.29. The van der Waals surface area contributed by atoms with E-state index in [1.54, 1.807) is 0 Å². The van der Waals surface area contributed by atoms with Crippen LogP contribution in [0.2, 0.25) is 0 Å². The molecule has 57 heavy (non-hydrogen) atoms. The van der Waals surface area contributed by atoms with Crippen LogP contribution in [0.15, 0.2) is 184 Å². The van der Waals surface area contributed by atoms with Gasteiger partial charge >= 0.3 is 0 Å². The molecule has 0 atom stereocenters. The number of benzene rings is 8. The van der Waals surface area contributed by atoms with E-state index in [1.807, 2.05) is 0 Å². The zero-order valence-electron chi connectivity index (χ0n) is 56.1. The van der Waals surface area contributed by atoms with Crippen molar-refractivity contribution < 1.29 is 47.2 Å². The first kappa shape index (κ1) is 14.9. The van der Waals surface area contributed by atoms with Crippen molar-refractivity contribution in [3.05, 3.63) is 175 Å². The summed E-state index contributed by atoms with van der Waals surface area (Å²) in [5.74, 6) is -2.37. The molecule has 0 bridgehead atoms. The van der Waals surface area contributed by atoms with Gasteiger partial charge in [0.2, 0.25) is 0 Å². The first-order chi connectivity index (χ1) is 39.9. The zero-order chi connectivity index (χ0) is 61.8. The number of furan rings is 2. The standard InChI is InChI=1S/C51H29N3O2S/c1-3-13-30(14-4-1)49-52-50(31-15-5-2-6-16-31)54-51(53-49)39-21-11-20-36-35-26-25-32(28-43(35)56-48(36)39)40-27-33(29-45-47(40)38-18-8-10-24-44(38)57-45)34-19-12-23-42-46(34)37-17-7-9-22-41(37)55-42/h1-29H/i1D,2D,3D,4D,5D,6D,7D,8D,9D,10D,11D,12D,13D,14D,15D,16D,17D,18D,19D,20D,21D,22D,23D,24D,25D,26D,27D,28D. The molecule has 4 aromatic heterocycles. The highest BCUT2D eigenvalue weighted by molar-refractivity contribution is 7.26. The topological polar surface area (TPSA) is 65.0 Å². The van der Waals surface area contributed by atoms with Gasteiger partial charge in [0, 0.05) is 52.8 Å². The fraction of sp³-hybridized carbons (Fsp3) is 0. The highest BCUT2D eigenvalue weighted by Crippen LogP contribution is 2.46. The molecule has 0 spiro atoms. The largest absolute Gasteiger partial charge is 0.456 e. The van der Waals surface area contributed by atoms with Crippen LogP contribution in [0.5, 0.6) is 0 Å². The summed E-state index contributed by atoms with van der Waals surface area (Å²) in [6.07, 6.45) is 0. The van der Waals surface area contributed by atoms with E-state index in [-0.39, 0.29) is 36.5 Å². The van der Waals surface area contributed by atoms with Crippen LogP contribution in [-0.2, 0) is 0 Å². The molecule has 8 aromatic carbocycles. The van der Waals surface area contributed by atoms with Gasteiger partial charge in [-0.05, 0) is 70.6 Å². The van der Waals surface area contributed by atoms with Gasteiger partial charge in [-0.2, -0.15) is 0 Å². The number of para-hydroxylation sites is 2. The molecule has 0 unspecified atom stereocenters. The van der Waals surface area contributed by atoms with Crippen molar-refractivity contribution in [3.63, 3.8) is 0 Å². The molecule has 0 aliphatic heterocycles. The first-order valence-corrected chi connectivity index (χ1v) is 17.5. The highest BCUT2D eigenvalue weighted by atomic mass is 32.1. The van der Waals surface area contributed by atoms with Crippen molar-refractivity contribution in [3.8, 4) is 56.4 Å². The summed E-state index contributed by atoms with van der Waals surface area (Å²) in [7, 11) is 0. The Balaban J connectivity index is 1.24. The van der Waals surface area contributed by atoms with Crippen LogP contribution in [0, 0.1) is 0 Å². The molecule has 0 N–H and O–H groups in total. The second kappa shape index (κ2) is 12.6. The van der Waals surface area contributed by atoms with Crippen molar-refractivity contribution >= 4 is 75.4 Å². The van der Waals surface area contributed by atoms with E-state index in [0.717, 1.165) is 11.3 Å². The highest BCUT2D eigenvalue weighted by Gasteiger charge is 2.21. The van der Waals surface area contributed by atoms with Gasteiger partial charge in [-0.15, -0.1) is 11.3 Å². The molecule has 12 rings (SSSR count). The maximum atomic E-state index is 10.2. The van der Waals surface area contributed by atoms with Gasteiger partial charge in [0.15, 0.2) is 17.5 Å². The van der Waals surface area contributed by atoms with Gasteiger partial charge < -0.3 is 8.83 Å². The van der Waals surface area contributed by atoms with Gasteiger partial charge in [0.1, 0.15) is 22.3 Å². The van der Waals surface area contributed by atoms with Gasteiger partial charge in [-0.3, -0.25) is 0 Å². The minimum atomic E-state index is -0.927. The molecule has 0 aliphatic carbocycles. The second-order valence-electron chi connectivity index (χ2n) is 12.2. The normalized spacial score (nSPS) is 18.7. The lowest BCUT2D eigenvalue weighted by Gasteiger charge is -2.11. The average Bonchev–Trinajstić information content (AvgIpc) is 1.72. The molecule has 12 aromatic rings. The predicted molar refractivity (Wildman–Crippen MR) is 234 cm³/mol. The fourth-order valence-electron chi connectivity index (χ4n) is 6.57. The third kappa shape index (κ3) is 5.12. The van der Waals surface area contributed by atoms with Crippen LogP contribution in [-0.4, -0.2) is 15.0 Å². The van der Waals surface area contributed by atoms with E-state index < -0.39 is 253 Å². The number of rotatable bonds is 5. The maximum absolute atomic E-state index is 10.2. The smallest absolute Gasteiger partial charge is 0.167 e. The number of aromatic nitrogens is 3. The Morgan fingerprint density at radius 2 is 1.04 bits per heavy atom. The van der Waals surface area contributed by atoms with Crippen molar-refractivity contribution in [1.29, 1.82) is 0 Å². The van der Waals surface area contributed by atoms with E-state index in [0.29, 0.717) is 0 Å². The lowest BCUT2D eigenvalue weighted by molar-refractivity contribution is 0.669. The Morgan fingerprint density at radius 1 is 0.386 bits per heavy atom. The molecule has 5 nitrogen and oxygen atoms in total. The first-order valence-electron chi connectivity index (χ1n) is 30.6. The number of thiophene rings is 1. The molecule has 6 heteroatoms. The average molecular weight is 776 g/mol. The predicted octanol–water partition coefficient (Wildman–Crippen LogP) is 14.4. The van der Waals surface area contributed by atoms with Crippen LogP contribution in [0.3, 0.4) is 0 Å². The number of fused-ring (bicyclic) bond motifs is 9. The van der Waals surface area contributed by atoms with Gasteiger partial charge in [0.25, 0.3) is 0 Å². The van der Waals surface area contributed by atoms with Crippen molar-refractivity contribution in [2.75, 3.05) is 0 Å². The van der Waals surface area contributed by atoms with E-state index >= 15 is 0 Å². The quantitative estimate of drug-likeness (QED) is 0.174. The molecule has 0 saturated heterocycles. The van der Waals surface area contributed by atoms with Gasteiger partial charge in [-0.1, -0.05) is 127 Å². The van der Waals surface area contributed by atoms with Crippen LogP contribution in [0.1, 0.15) is 38.4 Å². The Hall–Kier alpha value is -7.41. The summed E-state index contributed by atoms with van der Waals surface area (Å²) in [5.41, 5.74) is -6.37. The van der Waals surface area contributed by atoms with Crippen LogP contribution >= 0.6 is 11.3 Å². The van der Waals surface area contributed by atoms with Gasteiger partial charge in [-0.25, -0.2) is 15.0 Å². The molecule has 266 valence electrons. The maximum Gasteiger partial charge on any atom is 0.167 e. The minimum Gasteiger partial charge on any atom is -0.456 e. The summed E-state index contributed by atoms with van der Waals surface area (Å²) in [6, 6.07) is -21.2. The minimum absolute atomic E-state index is 0.00475. The lowest BCUT2D eigenvalue weighted by Crippen LogP contribution is -2.00. The third-order valence-electron chi connectivity index (χ3n) is 8.98. The van der Waals surface area contributed by atoms with Crippen molar-refractivity contribution in [1.82, 2.24) is 15.0 Å². The van der Waals surface area contributed by atoms with Crippen LogP contribution in [0.4, 0.5) is 0 Å². The van der Waals surface area contributed by atoms with E-state index in [1.165, 1.54) is 6.07 Å². The van der Waals surface area contributed by atoms with Crippen LogP contribution in [0.25, 0.3) is 120 Å². The number of nitrogens with zero attached hydrogens (tertiary/aromatic N) is 3. The molecule has 0 saturated carbocycles. The number of hydrogen-bond donors (Lipinski definition) is 0. The summed E-state index contributed by atoms with van der Waals surface area (Å²) in [6.45, 7) is 0. The third-order valence-corrected chi connectivity index (χ3v) is 10.0. The molecular formula is C51H29N3O2S. The fourth-order valence-corrected chi connectivity index (χ4v) is 7.63. The van der Waals surface area contributed by atoms with Crippen molar-refractivity contribution in [2.45, 2.75) is 0 Å². The summed E-state index contributed by atoms with van der Waals surface area (Å²) < 4.78 is 262. The van der Waals surface area contributed by atoms with E-state index in [9.17, 15) is 9.60 Å².